The van der Waals surface area contributed by atoms with Gasteiger partial charge in [-0.15, -0.1) is 26.3 Å². The molecular formula is C10H12F6O6. The van der Waals surface area contributed by atoms with Crippen LogP contribution < -0.4 is 0 Å². The number of esters is 2. The van der Waals surface area contributed by atoms with Crippen molar-refractivity contribution in [1.82, 2.24) is 0 Å². The highest BCUT2D eigenvalue weighted by atomic mass is 19.4. The summed E-state index contributed by atoms with van der Waals surface area (Å²) in [4.78, 5) is 22.4. The zero-order chi connectivity index (χ0) is 17.6. The molecule has 0 aliphatic heterocycles. The largest absolute Gasteiger partial charge is 0.525 e. The van der Waals surface area contributed by atoms with E-state index in [1.54, 1.807) is 0 Å². The van der Waals surface area contributed by atoms with E-state index >= 15 is 0 Å². The first-order valence-corrected chi connectivity index (χ1v) is 5.69. The molecule has 0 saturated carbocycles. The second-order valence-electron chi connectivity index (χ2n) is 3.63. The van der Waals surface area contributed by atoms with Crippen molar-refractivity contribution in [3.05, 3.63) is 0 Å². The third-order valence-corrected chi connectivity index (χ3v) is 1.77. The van der Waals surface area contributed by atoms with Crippen molar-refractivity contribution in [2.45, 2.75) is 45.4 Å². The highest BCUT2D eigenvalue weighted by Gasteiger charge is 2.40. The normalized spacial score (nSPS) is 15.1. The van der Waals surface area contributed by atoms with Gasteiger partial charge in [-0.25, -0.2) is 4.79 Å². The lowest BCUT2D eigenvalue weighted by atomic mass is 10.2. The van der Waals surface area contributed by atoms with Crippen molar-refractivity contribution in [1.29, 1.82) is 0 Å². The molecule has 0 amide bonds. The average molecular weight is 342 g/mol. The average Bonchev–Trinajstić information content (AvgIpc) is 2.23. The molecule has 12 heteroatoms. The quantitative estimate of drug-likeness (QED) is 0.402. The predicted molar refractivity (Wildman–Crippen MR) is 54.9 cm³/mol. The van der Waals surface area contributed by atoms with E-state index in [0.29, 0.717) is 6.92 Å². The van der Waals surface area contributed by atoms with Gasteiger partial charge >= 0.3 is 24.7 Å². The molecule has 0 aromatic carbocycles. The van der Waals surface area contributed by atoms with Gasteiger partial charge in [-0.3, -0.25) is 14.3 Å². The predicted octanol–water partition coefficient (Wildman–Crippen LogP) is 2.27. The Hall–Kier alpha value is -1.56. The fourth-order valence-electron chi connectivity index (χ4n) is 1.17. The molecule has 0 rings (SSSR count). The number of hydrogen-bond acceptors (Lipinski definition) is 6. The molecule has 0 aliphatic rings. The lowest BCUT2D eigenvalue weighted by molar-refractivity contribution is -0.369. The van der Waals surface area contributed by atoms with E-state index in [0.717, 1.165) is 0 Å². The number of rotatable bonds is 7. The molecule has 0 aromatic rings. The van der Waals surface area contributed by atoms with Crippen molar-refractivity contribution in [3.8, 4) is 0 Å². The van der Waals surface area contributed by atoms with Crippen LogP contribution in [-0.2, 0) is 28.5 Å². The molecule has 2 atom stereocenters. The van der Waals surface area contributed by atoms with E-state index in [1.807, 2.05) is 0 Å². The second kappa shape index (κ2) is 8.17. The molecule has 130 valence electrons. The van der Waals surface area contributed by atoms with Gasteiger partial charge in [0.25, 0.3) is 0 Å². The van der Waals surface area contributed by atoms with Crippen LogP contribution in [0.3, 0.4) is 0 Å². The summed E-state index contributed by atoms with van der Waals surface area (Å²) in [5.74, 6) is -3.08. The molecule has 0 saturated heterocycles. The third-order valence-electron chi connectivity index (χ3n) is 1.77. The first-order valence-electron chi connectivity index (χ1n) is 5.69. The maximum Gasteiger partial charge on any atom is 0.525 e. The number of hydrogen-bond donors (Lipinski definition) is 0. The van der Waals surface area contributed by atoms with Crippen LogP contribution in [-0.4, -0.2) is 43.7 Å². The molecule has 0 fully saturated rings. The van der Waals surface area contributed by atoms with Crippen molar-refractivity contribution in [3.63, 3.8) is 0 Å². The Labute approximate surface area is 120 Å². The third kappa shape index (κ3) is 10.2. The van der Waals surface area contributed by atoms with Crippen molar-refractivity contribution in [2.75, 3.05) is 6.61 Å². The molecule has 0 aromatic heterocycles. The lowest BCUT2D eigenvalue weighted by Crippen LogP contribution is -2.36. The van der Waals surface area contributed by atoms with Crippen LogP contribution in [0, 0.1) is 0 Å². The van der Waals surface area contributed by atoms with Crippen LogP contribution in [0.4, 0.5) is 26.3 Å². The molecule has 22 heavy (non-hydrogen) atoms. The standard InChI is InChI=1S/C10H12F6O6/c1-3-19-8(18)6(22-10(14,15)16)4-7(17)20-5(2)21-9(11,12)13/h5-6H,3-4H2,1-2H3. The van der Waals surface area contributed by atoms with E-state index in [2.05, 4.69) is 18.9 Å². The fourth-order valence-corrected chi connectivity index (χ4v) is 1.17. The van der Waals surface area contributed by atoms with Gasteiger partial charge in [-0.05, 0) is 13.8 Å². The lowest BCUT2D eigenvalue weighted by Gasteiger charge is -2.19. The minimum atomic E-state index is -5.26. The molecule has 2 unspecified atom stereocenters. The Kier molecular flexibility index (Phi) is 7.59. The van der Waals surface area contributed by atoms with E-state index in [9.17, 15) is 35.9 Å². The molecule has 0 bridgehead atoms. The summed E-state index contributed by atoms with van der Waals surface area (Å²) in [6.07, 6.45) is -16.2. The van der Waals surface area contributed by atoms with Crippen molar-refractivity contribution in [2.24, 2.45) is 0 Å². The highest BCUT2D eigenvalue weighted by Crippen LogP contribution is 2.22. The number of carbonyl (C=O) groups excluding carboxylic acids is 2. The number of halogens is 6. The van der Waals surface area contributed by atoms with E-state index < -0.39 is 43.5 Å². The summed E-state index contributed by atoms with van der Waals surface area (Å²) in [5, 5.41) is 0. The number of ether oxygens (including phenoxy) is 4. The number of carbonyl (C=O) groups is 2. The van der Waals surface area contributed by atoms with Crippen LogP contribution in [0.2, 0.25) is 0 Å². The van der Waals surface area contributed by atoms with Gasteiger partial charge < -0.3 is 9.47 Å². The molecule has 0 heterocycles. The van der Waals surface area contributed by atoms with Gasteiger partial charge in [0.2, 0.25) is 6.29 Å². The van der Waals surface area contributed by atoms with Crippen LogP contribution in [0.25, 0.3) is 0 Å². The Balaban J connectivity index is 4.64. The Bertz CT molecular complexity index is 379. The monoisotopic (exact) mass is 342 g/mol. The Morgan fingerprint density at radius 2 is 1.50 bits per heavy atom. The first-order chi connectivity index (χ1) is 9.84. The zero-order valence-corrected chi connectivity index (χ0v) is 11.3. The summed E-state index contributed by atoms with van der Waals surface area (Å²) in [7, 11) is 0. The Morgan fingerprint density at radius 3 is 1.91 bits per heavy atom. The second-order valence-corrected chi connectivity index (χ2v) is 3.63. The summed E-state index contributed by atoms with van der Waals surface area (Å²) in [6.45, 7) is 1.69. The van der Waals surface area contributed by atoms with Crippen LogP contribution >= 0.6 is 0 Å². The van der Waals surface area contributed by atoms with Gasteiger partial charge in [0, 0.05) is 0 Å². The summed E-state index contributed by atoms with van der Waals surface area (Å²) >= 11 is 0. The molecule has 0 spiro atoms. The van der Waals surface area contributed by atoms with E-state index in [1.165, 1.54) is 6.92 Å². The number of alkyl halides is 6. The van der Waals surface area contributed by atoms with Crippen LogP contribution in [0.15, 0.2) is 0 Å². The van der Waals surface area contributed by atoms with Crippen molar-refractivity contribution >= 4 is 11.9 Å². The highest BCUT2D eigenvalue weighted by molar-refractivity contribution is 5.81. The Morgan fingerprint density at radius 1 is 1.00 bits per heavy atom. The van der Waals surface area contributed by atoms with E-state index in [4.69, 9.17) is 0 Å². The summed E-state index contributed by atoms with van der Waals surface area (Å²) < 4.78 is 86.6. The van der Waals surface area contributed by atoms with Gasteiger partial charge in [0.1, 0.15) is 0 Å². The minimum absolute atomic E-state index is 0.292. The van der Waals surface area contributed by atoms with Crippen molar-refractivity contribution < 1.29 is 54.9 Å². The van der Waals surface area contributed by atoms with Gasteiger partial charge in [0.15, 0.2) is 6.10 Å². The topological polar surface area (TPSA) is 71.1 Å². The van der Waals surface area contributed by atoms with Gasteiger partial charge in [0.05, 0.1) is 13.0 Å². The fraction of sp³-hybridized carbons (Fsp3) is 0.800. The maximum atomic E-state index is 12.1. The maximum absolute atomic E-state index is 12.1. The first kappa shape index (κ1) is 20.4. The SMILES string of the molecule is CCOC(=O)C(CC(=O)OC(C)OC(F)(F)F)OC(F)(F)F. The summed E-state index contributed by atoms with van der Waals surface area (Å²) in [6, 6.07) is 0. The molecule has 0 N–H and O–H groups in total. The van der Waals surface area contributed by atoms with Crippen LogP contribution in [0.1, 0.15) is 20.3 Å². The zero-order valence-electron chi connectivity index (χ0n) is 11.3. The molecule has 0 radical (unpaired) electrons. The van der Waals surface area contributed by atoms with Gasteiger partial charge in [-0.2, -0.15) is 0 Å². The smallest absolute Gasteiger partial charge is 0.464 e. The molecule has 0 aliphatic carbocycles. The summed E-state index contributed by atoms with van der Waals surface area (Å²) in [5.41, 5.74) is 0. The molecule has 6 nitrogen and oxygen atoms in total. The minimum Gasteiger partial charge on any atom is -0.464 e. The molecular weight excluding hydrogens is 330 g/mol. The van der Waals surface area contributed by atoms with Gasteiger partial charge in [-0.1, -0.05) is 0 Å². The van der Waals surface area contributed by atoms with E-state index in [-0.39, 0.29) is 6.61 Å². The van der Waals surface area contributed by atoms with Crippen LogP contribution in [0.5, 0.6) is 0 Å².